The second-order valence-corrected chi connectivity index (χ2v) is 8.16. The van der Waals surface area contributed by atoms with Gasteiger partial charge in [0.1, 0.15) is 0 Å². The number of nitrogens with zero attached hydrogens (tertiary/aromatic N) is 2. The van der Waals surface area contributed by atoms with Crippen LogP contribution in [0.3, 0.4) is 0 Å². The van der Waals surface area contributed by atoms with E-state index in [2.05, 4.69) is 75.3 Å². The van der Waals surface area contributed by atoms with Crippen molar-refractivity contribution in [3.63, 3.8) is 0 Å². The number of hydrogen-bond acceptors (Lipinski definition) is 4. The van der Waals surface area contributed by atoms with E-state index in [-0.39, 0.29) is 6.10 Å². The van der Waals surface area contributed by atoms with Crippen molar-refractivity contribution in [2.75, 3.05) is 39.8 Å². The third kappa shape index (κ3) is 6.33. The Bertz CT molecular complexity index is 705. The predicted octanol–water partition coefficient (Wildman–Crippen LogP) is 3.31. The van der Waals surface area contributed by atoms with Gasteiger partial charge in [0.15, 0.2) is 5.96 Å². The largest absolute Gasteiger partial charge is 0.376 e. The first-order valence-electron chi connectivity index (χ1n) is 10.1. The average molecular weight is 401 g/mol. The van der Waals surface area contributed by atoms with E-state index in [4.69, 9.17) is 4.74 Å². The van der Waals surface area contributed by atoms with E-state index in [1.807, 2.05) is 18.4 Å². The fraction of sp³-hybridized carbons (Fsp3) is 0.500. The molecule has 28 heavy (non-hydrogen) atoms. The van der Waals surface area contributed by atoms with E-state index in [1.54, 1.807) is 0 Å². The molecule has 1 aromatic heterocycles. The standard InChI is InChI=1S/C22H32N4OS/c1-18-17-26(13-14-27-18)20(21-11-7-15-28-21)16-25-22(23-2)24-12-6-10-19-8-4-3-5-9-19/h3-5,7-9,11,15,18,20H,6,10,12-14,16-17H2,1-2H3,(H2,23,24,25). The normalized spacial score (nSPS) is 19.4. The molecule has 2 heterocycles. The molecular formula is C22H32N4OS. The van der Waals surface area contributed by atoms with Gasteiger partial charge >= 0.3 is 0 Å². The monoisotopic (exact) mass is 400 g/mol. The highest BCUT2D eigenvalue weighted by Gasteiger charge is 2.26. The number of nitrogens with one attached hydrogen (secondary N) is 2. The van der Waals surface area contributed by atoms with Crippen LogP contribution in [0.2, 0.25) is 0 Å². The van der Waals surface area contributed by atoms with E-state index in [0.717, 1.165) is 51.6 Å². The molecule has 0 amide bonds. The minimum Gasteiger partial charge on any atom is -0.376 e. The summed E-state index contributed by atoms with van der Waals surface area (Å²) in [6, 6.07) is 15.3. The third-order valence-electron chi connectivity index (χ3n) is 5.05. The van der Waals surface area contributed by atoms with Crippen LogP contribution in [0.25, 0.3) is 0 Å². The van der Waals surface area contributed by atoms with Gasteiger partial charge in [0.2, 0.25) is 0 Å². The van der Waals surface area contributed by atoms with Crippen LogP contribution in [0.5, 0.6) is 0 Å². The molecule has 0 spiro atoms. The topological polar surface area (TPSA) is 48.9 Å². The number of aryl methyl sites for hydroxylation is 1. The lowest BCUT2D eigenvalue weighted by Gasteiger charge is -2.37. The molecular weight excluding hydrogens is 368 g/mol. The van der Waals surface area contributed by atoms with Crippen LogP contribution >= 0.6 is 11.3 Å². The first-order chi connectivity index (χ1) is 13.8. The van der Waals surface area contributed by atoms with Gasteiger partial charge in [-0.1, -0.05) is 36.4 Å². The van der Waals surface area contributed by atoms with Crippen molar-refractivity contribution in [2.24, 2.45) is 4.99 Å². The fourth-order valence-electron chi connectivity index (χ4n) is 3.58. The van der Waals surface area contributed by atoms with Crippen molar-refractivity contribution in [3.05, 3.63) is 58.3 Å². The molecule has 6 heteroatoms. The van der Waals surface area contributed by atoms with E-state index < -0.39 is 0 Å². The molecule has 0 aliphatic carbocycles. The van der Waals surface area contributed by atoms with Gasteiger partial charge in [-0.2, -0.15) is 0 Å². The summed E-state index contributed by atoms with van der Waals surface area (Å²) in [6.45, 7) is 6.64. The van der Waals surface area contributed by atoms with Gasteiger partial charge in [-0.05, 0) is 36.8 Å². The third-order valence-corrected chi connectivity index (χ3v) is 6.02. The number of aliphatic imine (C=N–C) groups is 1. The summed E-state index contributed by atoms with van der Waals surface area (Å²) >= 11 is 1.82. The van der Waals surface area contributed by atoms with E-state index in [9.17, 15) is 0 Å². The molecule has 1 saturated heterocycles. The molecule has 0 saturated carbocycles. The molecule has 2 unspecified atom stereocenters. The van der Waals surface area contributed by atoms with Gasteiger partial charge < -0.3 is 15.4 Å². The Morgan fingerprint density at radius 2 is 2.11 bits per heavy atom. The highest BCUT2D eigenvalue weighted by Crippen LogP contribution is 2.26. The number of morpholine rings is 1. The van der Waals surface area contributed by atoms with Gasteiger partial charge in [0.25, 0.3) is 0 Å². The molecule has 2 aromatic rings. The summed E-state index contributed by atoms with van der Waals surface area (Å²) in [7, 11) is 1.84. The second-order valence-electron chi connectivity index (χ2n) is 7.18. The molecule has 0 radical (unpaired) electrons. The summed E-state index contributed by atoms with van der Waals surface area (Å²) in [5.74, 6) is 0.871. The number of guanidine groups is 1. The zero-order valence-electron chi connectivity index (χ0n) is 16.9. The molecule has 1 aliphatic rings. The van der Waals surface area contributed by atoms with Crippen LogP contribution in [0.4, 0.5) is 0 Å². The quantitative estimate of drug-likeness (QED) is 0.405. The van der Waals surface area contributed by atoms with Crippen molar-refractivity contribution in [3.8, 4) is 0 Å². The maximum Gasteiger partial charge on any atom is 0.191 e. The van der Waals surface area contributed by atoms with Gasteiger partial charge in [-0.3, -0.25) is 9.89 Å². The lowest BCUT2D eigenvalue weighted by Crippen LogP contribution is -2.48. The zero-order valence-corrected chi connectivity index (χ0v) is 17.8. The van der Waals surface area contributed by atoms with E-state index in [0.29, 0.717) is 6.04 Å². The highest BCUT2D eigenvalue weighted by atomic mass is 32.1. The number of thiophene rings is 1. The maximum atomic E-state index is 5.73. The Hall–Kier alpha value is -1.89. The first kappa shape index (κ1) is 20.8. The number of benzene rings is 1. The number of ether oxygens (including phenoxy) is 1. The van der Waals surface area contributed by atoms with Crippen molar-refractivity contribution < 1.29 is 4.74 Å². The predicted molar refractivity (Wildman–Crippen MR) is 118 cm³/mol. The molecule has 0 bridgehead atoms. The van der Waals surface area contributed by atoms with E-state index in [1.165, 1.54) is 10.4 Å². The van der Waals surface area contributed by atoms with Crippen molar-refractivity contribution in [1.82, 2.24) is 15.5 Å². The minimum absolute atomic E-state index is 0.284. The Morgan fingerprint density at radius 3 is 2.82 bits per heavy atom. The Labute approximate surface area is 172 Å². The van der Waals surface area contributed by atoms with Crippen molar-refractivity contribution in [2.45, 2.75) is 31.9 Å². The SMILES string of the molecule is CN=C(NCCCc1ccccc1)NCC(c1cccs1)N1CCOC(C)C1. The summed E-state index contributed by atoms with van der Waals surface area (Å²) < 4.78 is 5.73. The van der Waals surface area contributed by atoms with Gasteiger partial charge in [0.05, 0.1) is 18.8 Å². The lowest BCUT2D eigenvalue weighted by molar-refractivity contribution is -0.0334. The van der Waals surface area contributed by atoms with Crippen molar-refractivity contribution in [1.29, 1.82) is 0 Å². The molecule has 1 aromatic carbocycles. The van der Waals surface area contributed by atoms with Crippen LogP contribution in [0.1, 0.15) is 29.8 Å². The Morgan fingerprint density at radius 1 is 1.25 bits per heavy atom. The number of hydrogen-bond donors (Lipinski definition) is 2. The van der Waals surface area contributed by atoms with Gasteiger partial charge in [-0.25, -0.2) is 0 Å². The van der Waals surface area contributed by atoms with Crippen molar-refractivity contribution >= 4 is 17.3 Å². The van der Waals surface area contributed by atoms with Gasteiger partial charge in [-0.15, -0.1) is 11.3 Å². The van der Waals surface area contributed by atoms with Crippen LogP contribution in [-0.4, -0.2) is 56.8 Å². The molecule has 2 atom stereocenters. The zero-order chi connectivity index (χ0) is 19.6. The summed E-state index contributed by atoms with van der Waals surface area (Å²) in [5, 5.41) is 9.14. The van der Waals surface area contributed by atoms with Gasteiger partial charge in [0, 0.05) is 38.1 Å². The fourth-order valence-corrected chi connectivity index (χ4v) is 4.44. The number of rotatable bonds is 8. The average Bonchev–Trinajstić information content (AvgIpc) is 3.25. The van der Waals surface area contributed by atoms with Crippen LogP contribution in [0.15, 0.2) is 52.8 Å². The molecule has 5 nitrogen and oxygen atoms in total. The summed E-state index contributed by atoms with van der Waals surface area (Å²) in [5.41, 5.74) is 1.38. The maximum absolute atomic E-state index is 5.73. The first-order valence-corrected chi connectivity index (χ1v) is 11.0. The van der Waals surface area contributed by atoms with Crippen LogP contribution in [0, 0.1) is 0 Å². The second kappa shape index (κ2) is 11.2. The lowest BCUT2D eigenvalue weighted by atomic mass is 10.1. The molecule has 2 N–H and O–H groups in total. The highest BCUT2D eigenvalue weighted by molar-refractivity contribution is 7.10. The Kier molecular flexibility index (Phi) is 8.33. The minimum atomic E-state index is 0.284. The summed E-state index contributed by atoms with van der Waals surface area (Å²) in [6.07, 6.45) is 2.44. The van der Waals surface area contributed by atoms with Crippen LogP contribution < -0.4 is 10.6 Å². The molecule has 152 valence electrons. The molecule has 1 aliphatic heterocycles. The summed E-state index contributed by atoms with van der Waals surface area (Å²) in [4.78, 5) is 8.31. The smallest absolute Gasteiger partial charge is 0.191 e. The van der Waals surface area contributed by atoms with Crippen LogP contribution in [-0.2, 0) is 11.2 Å². The molecule has 3 rings (SSSR count). The molecule has 1 fully saturated rings. The van der Waals surface area contributed by atoms with E-state index >= 15 is 0 Å². The Balaban J connectivity index is 1.48.